The number of rotatable bonds is 7. The Labute approximate surface area is 114 Å². The summed E-state index contributed by atoms with van der Waals surface area (Å²) < 4.78 is 4.83. The highest BCUT2D eigenvalue weighted by Crippen LogP contribution is 2.08. The molecular weight excluding hydrogens is 246 g/mol. The maximum absolute atomic E-state index is 11.9. The number of hydrogen-bond donors (Lipinski definition) is 3. The molecule has 6 heteroatoms. The minimum Gasteiger partial charge on any atom is -0.383 e. The van der Waals surface area contributed by atoms with Gasteiger partial charge in [0.2, 0.25) is 11.8 Å². The van der Waals surface area contributed by atoms with Crippen molar-refractivity contribution in [1.82, 2.24) is 16.0 Å². The van der Waals surface area contributed by atoms with Crippen LogP contribution in [-0.4, -0.2) is 51.2 Å². The molecule has 0 aromatic rings. The predicted octanol–water partition coefficient (Wildman–Crippen LogP) is -0.212. The van der Waals surface area contributed by atoms with Crippen molar-refractivity contribution in [2.75, 3.05) is 33.4 Å². The molecule has 0 spiro atoms. The third kappa shape index (κ3) is 7.12. The molecule has 1 aliphatic rings. The van der Waals surface area contributed by atoms with Crippen molar-refractivity contribution >= 4 is 11.8 Å². The van der Waals surface area contributed by atoms with Gasteiger partial charge in [-0.15, -0.1) is 0 Å². The van der Waals surface area contributed by atoms with Crippen molar-refractivity contribution in [3.05, 3.63) is 0 Å². The molecule has 2 amide bonds. The Kier molecular flexibility index (Phi) is 8.16. The molecule has 0 radical (unpaired) electrons. The zero-order chi connectivity index (χ0) is 13.9. The van der Waals surface area contributed by atoms with Gasteiger partial charge in [0.1, 0.15) is 0 Å². The van der Waals surface area contributed by atoms with Gasteiger partial charge < -0.3 is 20.7 Å². The highest BCUT2D eigenvalue weighted by molar-refractivity contribution is 5.82. The van der Waals surface area contributed by atoms with E-state index in [1.54, 1.807) is 7.11 Å². The molecule has 110 valence electrons. The molecule has 1 rings (SSSR count). The molecule has 1 heterocycles. The summed E-state index contributed by atoms with van der Waals surface area (Å²) in [5.41, 5.74) is 0. The van der Waals surface area contributed by atoms with E-state index >= 15 is 0 Å². The topological polar surface area (TPSA) is 79.5 Å². The summed E-state index contributed by atoms with van der Waals surface area (Å²) in [5, 5.41) is 8.76. The summed E-state index contributed by atoms with van der Waals surface area (Å²) >= 11 is 0. The monoisotopic (exact) mass is 271 g/mol. The fraction of sp³-hybridized carbons (Fsp3) is 0.846. The van der Waals surface area contributed by atoms with Gasteiger partial charge in [0.15, 0.2) is 0 Å². The molecule has 3 N–H and O–H groups in total. The van der Waals surface area contributed by atoms with Gasteiger partial charge in [-0.25, -0.2) is 0 Å². The van der Waals surface area contributed by atoms with E-state index in [0.717, 1.165) is 25.8 Å². The van der Waals surface area contributed by atoms with E-state index in [4.69, 9.17) is 4.74 Å². The Bertz CT molecular complexity index is 276. The summed E-state index contributed by atoms with van der Waals surface area (Å²) in [6.07, 6.45) is 4.58. The number of carbonyl (C=O) groups is 2. The van der Waals surface area contributed by atoms with E-state index in [9.17, 15) is 9.59 Å². The van der Waals surface area contributed by atoms with Crippen LogP contribution >= 0.6 is 0 Å². The highest BCUT2D eigenvalue weighted by atomic mass is 16.5. The number of nitrogens with one attached hydrogen (secondary N) is 3. The molecule has 6 nitrogen and oxygen atoms in total. The van der Waals surface area contributed by atoms with Gasteiger partial charge in [0.05, 0.1) is 12.6 Å². The molecular formula is C13H25N3O3. The third-order valence-corrected chi connectivity index (χ3v) is 3.16. The first kappa shape index (κ1) is 15.9. The second-order valence-corrected chi connectivity index (χ2v) is 4.74. The Hall–Kier alpha value is -1.14. The van der Waals surface area contributed by atoms with Gasteiger partial charge in [-0.3, -0.25) is 9.59 Å². The normalized spacial score (nSPS) is 19.5. The average Bonchev–Trinajstić information content (AvgIpc) is 2.68. The van der Waals surface area contributed by atoms with E-state index in [1.165, 1.54) is 6.42 Å². The van der Waals surface area contributed by atoms with Crippen LogP contribution in [-0.2, 0) is 14.3 Å². The van der Waals surface area contributed by atoms with Crippen molar-refractivity contribution < 1.29 is 14.3 Å². The largest absolute Gasteiger partial charge is 0.383 e. The van der Waals surface area contributed by atoms with Crippen molar-refractivity contribution in [2.45, 2.75) is 38.1 Å². The van der Waals surface area contributed by atoms with Crippen LogP contribution in [0.2, 0.25) is 0 Å². The zero-order valence-corrected chi connectivity index (χ0v) is 11.7. The van der Waals surface area contributed by atoms with Crippen LogP contribution in [0.1, 0.15) is 32.1 Å². The first-order chi connectivity index (χ1) is 9.24. The van der Waals surface area contributed by atoms with Crippen LogP contribution in [0.15, 0.2) is 0 Å². The van der Waals surface area contributed by atoms with Gasteiger partial charge in [-0.1, -0.05) is 12.8 Å². The molecule has 0 aliphatic carbocycles. The zero-order valence-electron chi connectivity index (χ0n) is 11.7. The van der Waals surface area contributed by atoms with Crippen molar-refractivity contribution in [3.63, 3.8) is 0 Å². The van der Waals surface area contributed by atoms with E-state index in [2.05, 4.69) is 16.0 Å². The SMILES string of the molecule is COCCNC(=O)CCNC(=O)C1CCCCCN1. The Morgan fingerprint density at radius 1 is 1.21 bits per heavy atom. The molecule has 19 heavy (non-hydrogen) atoms. The number of hydrogen-bond acceptors (Lipinski definition) is 4. The Balaban J connectivity index is 2.10. The molecule has 1 saturated heterocycles. The van der Waals surface area contributed by atoms with E-state index in [0.29, 0.717) is 26.1 Å². The van der Waals surface area contributed by atoms with Gasteiger partial charge >= 0.3 is 0 Å². The molecule has 1 unspecified atom stereocenters. The maximum Gasteiger partial charge on any atom is 0.237 e. The average molecular weight is 271 g/mol. The van der Waals surface area contributed by atoms with Crippen LogP contribution < -0.4 is 16.0 Å². The fourth-order valence-electron chi connectivity index (χ4n) is 2.06. The second kappa shape index (κ2) is 9.75. The van der Waals surface area contributed by atoms with Crippen LogP contribution in [0, 0.1) is 0 Å². The quantitative estimate of drug-likeness (QED) is 0.560. The maximum atomic E-state index is 11.9. The van der Waals surface area contributed by atoms with Crippen LogP contribution in [0.3, 0.4) is 0 Å². The molecule has 0 aromatic heterocycles. The number of carbonyl (C=O) groups excluding carboxylic acids is 2. The summed E-state index contributed by atoms with van der Waals surface area (Å²) in [6, 6.07) is -0.0981. The lowest BCUT2D eigenvalue weighted by Gasteiger charge is -2.15. The first-order valence-corrected chi connectivity index (χ1v) is 7.00. The van der Waals surface area contributed by atoms with Crippen molar-refractivity contribution in [2.24, 2.45) is 0 Å². The molecule has 1 atom stereocenters. The summed E-state index contributed by atoms with van der Waals surface area (Å²) in [6.45, 7) is 2.29. The minimum atomic E-state index is -0.0981. The smallest absolute Gasteiger partial charge is 0.237 e. The second-order valence-electron chi connectivity index (χ2n) is 4.74. The lowest BCUT2D eigenvalue weighted by molar-refractivity contribution is -0.123. The van der Waals surface area contributed by atoms with Crippen molar-refractivity contribution in [1.29, 1.82) is 0 Å². The van der Waals surface area contributed by atoms with E-state index in [1.807, 2.05) is 0 Å². The van der Waals surface area contributed by atoms with Gasteiger partial charge in [-0.2, -0.15) is 0 Å². The molecule has 1 fully saturated rings. The fourth-order valence-corrected chi connectivity index (χ4v) is 2.06. The highest BCUT2D eigenvalue weighted by Gasteiger charge is 2.18. The molecule has 0 bridgehead atoms. The van der Waals surface area contributed by atoms with Gasteiger partial charge in [0, 0.05) is 26.6 Å². The predicted molar refractivity (Wildman–Crippen MR) is 72.8 cm³/mol. The number of amides is 2. The van der Waals surface area contributed by atoms with Crippen LogP contribution in [0.5, 0.6) is 0 Å². The lowest BCUT2D eigenvalue weighted by Crippen LogP contribution is -2.44. The first-order valence-electron chi connectivity index (χ1n) is 7.00. The van der Waals surface area contributed by atoms with Gasteiger partial charge in [0.25, 0.3) is 0 Å². The molecule has 0 saturated carbocycles. The summed E-state index contributed by atoms with van der Waals surface area (Å²) in [4.78, 5) is 23.3. The van der Waals surface area contributed by atoms with Gasteiger partial charge in [-0.05, 0) is 19.4 Å². The Morgan fingerprint density at radius 3 is 2.84 bits per heavy atom. The molecule has 1 aliphatic heterocycles. The number of ether oxygens (including phenoxy) is 1. The van der Waals surface area contributed by atoms with Crippen LogP contribution in [0.4, 0.5) is 0 Å². The summed E-state index contributed by atoms with van der Waals surface area (Å²) in [7, 11) is 1.59. The standard InChI is InChI=1S/C13H25N3O3/c1-19-10-9-15-12(17)6-8-16-13(18)11-5-3-2-4-7-14-11/h11,14H,2-10H2,1H3,(H,15,17)(H,16,18). The third-order valence-electron chi connectivity index (χ3n) is 3.16. The minimum absolute atomic E-state index is 0.00610. The van der Waals surface area contributed by atoms with E-state index in [-0.39, 0.29) is 17.9 Å². The number of methoxy groups -OCH3 is 1. The van der Waals surface area contributed by atoms with Crippen molar-refractivity contribution in [3.8, 4) is 0 Å². The van der Waals surface area contributed by atoms with Crippen LogP contribution in [0.25, 0.3) is 0 Å². The lowest BCUT2D eigenvalue weighted by atomic mass is 10.1. The summed E-state index contributed by atoms with van der Waals surface area (Å²) in [5.74, 6) is -0.0576. The van der Waals surface area contributed by atoms with E-state index < -0.39 is 0 Å². The Morgan fingerprint density at radius 2 is 2.05 bits per heavy atom. The molecule has 0 aromatic carbocycles.